The summed E-state index contributed by atoms with van der Waals surface area (Å²) >= 11 is 1.85. The molecule has 3 heterocycles. The molecular formula is C35H22N2S. The lowest BCUT2D eigenvalue weighted by molar-refractivity contribution is 1.18. The van der Waals surface area contributed by atoms with Gasteiger partial charge in [0.05, 0.1) is 22.2 Å². The molecule has 8 rings (SSSR count). The van der Waals surface area contributed by atoms with Gasteiger partial charge < -0.3 is 4.57 Å². The zero-order valence-electron chi connectivity index (χ0n) is 20.5. The van der Waals surface area contributed by atoms with Crippen molar-refractivity contribution >= 4 is 53.4 Å². The Balaban J connectivity index is 1.42. The molecular weight excluding hydrogens is 480 g/mol. The van der Waals surface area contributed by atoms with E-state index in [4.69, 9.17) is 4.98 Å². The number of benzene rings is 5. The summed E-state index contributed by atoms with van der Waals surface area (Å²) in [5.74, 6) is 0. The van der Waals surface area contributed by atoms with Gasteiger partial charge in [-0.05, 0) is 48.0 Å². The van der Waals surface area contributed by atoms with Gasteiger partial charge in [-0.3, -0.25) is 0 Å². The van der Waals surface area contributed by atoms with Crippen LogP contribution in [0.5, 0.6) is 0 Å². The summed E-state index contributed by atoms with van der Waals surface area (Å²) in [4.78, 5) is 5.31. The van der Waals surface area contributed by atoms with E-state index in [-0.39, 0.29) is 0 Å². The maximum absolute atomic E-state index is 5.31. The summed E-state index contributed by atoms with van der Waals surface area (Å²) < 4.78 is 4.99. The molecule has 5 aromatic carbocycles. The molecule has 0 saturated carbocycles. The molecule has 0 aliphatic heterocycles. The van der Waals surface area contributed by atoms with Gasteiger partial charge in [0.1, 0.15) is 0 Å². The number of nitrogens with zero attached hydrogens (tertiary/aromatic N) is 2. The molecule has 0 fully saturated rings. The third-order valence-electron chi connectivity index (χ3n) is 7.40. The molecule has 0 unspecified atom stereocenters. The minimum atomic E-state index is 0.993. The van der Waals surface area contributed by atoms with E-state index in [1.54, 1.807) is 0 Å². The Morgan fingerprint density at radius 1 is 0.526 bits per heavy atom. The SMILES string of the molecule is c1ccc(-c2cccc3c4nc(-c5ccc6sc7ccccc7c6c5)ccc4n(-c4ccccc4)c23)cc1. The number of rotatable bonds is 3. The van der Waals surface area contributed by atoms with Crippen molar-refractivity contribution < 1.29 is 0 Å². The zero-order chi connectivity index (χ0) is 25.1. The van der Waals surface area contributed by atoms with Crippen molar-refractivity contribution in [1.29, 1.82) is 0 Å². The molecule has 0 N–H and O–H groups in total. The first-order valence-corrected chi connectivity index (χ1v) is 13.6. The van der Waals surface area contributed by atoms with Gasteiger partial charge in [-0.25, -0.2) is 4.98 Å². The van der Waals surface area contributed by atoms with Gasteiger partial charge in [0.15, 0.2) is 0 Å². The summed E-state index contributed by atoms with van der Waals surface area (Å²) in [6.45, 7) is 0. The smallest absolute Gasteiger partial charge is 0.0971 e. The predicted octanol–water partition coefficient (Wildman–Crippen LogP) is 9.88. The second-order valence-corrected chi connectivity index (χ2v) is 10.7. The Kier molecular flexibility index (Phi) is 4.73. The lowest BCUT2D eigenvalue weighted by atomic mass is 10.0. The molecule has 0 atom stereocenters. The standard InChI is InChI=1S/C35H22N2S/c1-3-10-23(11-4-1)26-15-9-16-28-34-31(37(35(26)28)25-12-5-2-6-13-25)20-19-30(36-34)24-18-21-33-29(22-24)27-14-7-8-17-32(27)38-33/h1-22H. The molecule has 0 aliphatic carbocycles. The van der Waals surface area contributed by atoms with Crippen molar-refractivity contribution in [2.75, 3.05) is 0 Å². The topological polar surface area (TPSA) is 17.8 Å². The summed E-state index contributed by atoms with van der Waals surface area (Å²) in [7, 11) is 0. The maximum atomic E-state index is 5.31. The Bertz CT molecular complexity index is 2120. The summed E-state index contributed by atoms with van der Waals surface area (Å²) in [6, 6.07) is 47.6. The van der Waals surface area contributed by atoms with Crippen LogP contribution < -0.4 is 0 Å². The number of hydrogen-bond donors (Lipinski definition) is 0. The van der Waals surface area contributed by atoms with E-state index in [1.807, 2.05) is 11.3 Å². The second-order valence-electron chi connectivity index (χ2n) is 9.61. The fraction of sp³-hybridized carbons (Fsp3) is 0. The van der Waals surface area contributed by atoms with Crippen molar-refractivity contribution in [2.45, 2.75) is 0 Å². The van der Waals surface area contributed by atoms with Gasteiger partial charge in [-0.2, -0.15) is 0 Å². The number of fused-ring (bicyclic) bond motifs is 6. The molecule has 3 heteroatoms. The van der Waals surface area contributed by atoms with Crippen LogP contribution in [0.4, 0.5) is 0 Å². The average molecular weight is 503 g/mol. The van der Waals surface area contributed by atoms with Gasteiger partial charge in [-0.15, -0.1) is 11.3 Å². The van der Waals surface area contributed by atoms with Crippen LogP contribution in [0.15, 0.2) is 133 Å². The number of pyridine rings is 1. The number of thiophene rings is 1. The highest BCUT2D eigenvalue weighted by Gasteiger charge is 2.18. The predicted molar refractivity (Wildman–Crippen MR) is 162 cm³/mol. The van der Waals surface area contributed by atoms with Crippen LogP contribution in [-0.2, 0) is 0 Å². The Labute approximate surface area is 224 Å². The van der Waals surface area contributed by atoms with E-state index in [0.717, 1.165) is 33.4 Å². The monoisotopic (exact) mass is 502 g/mol. The molecule has 178 valence electrons. The van der Waals surface area contributed by atoms with Crippen LogP contribution in [0.1, 0.15) is 0 Å². The molecule has 0 radical (unpaired) electrons. The van der Waals surface area contributed by atoms with E-state index in [2.05, 4.69) is 138 Å². The first-order valence-electron chi connectivity index (χ1n) is 12.8. The lowest BCUT2D eigenvalue weighted by Gasteiger charge is -2.11. The number of para-hydroxylation sites is 2. The van der Waals surface area contributed by atoms with Crippen LogP contribution >= 0.6 is 11.3 Å². The molecule has 8 aromatic rings. The quantitative estimate of drug-likeness (QED) is 0.235. The van der Waals surface area contributed by atoms with Crippen molar-refractivity contribution in [3.63, 3.8) is 0 Å². The highest BCUT2D eigenvalue weighted by atomic mass is 32.1. The first-order chi connectivity index (χ1) is 18.8. The molecule has 0 spiro atoms. The van der Waals surface area contributed by atoms with Crippen molar-refractivity contribution in [1.82, 2.24) is 9.55 Å². The minimum Gasteiger partial charge on any atom is -0.307 e. The van der Waals surface area contributed by atoms with E-state index in [1.165, 1.54) is 36.8 Å². The molecule has 38 heavy (non-hydrogen) atoms. The highest BCUT2D eigenvalue weighted by molar-refractivity contribution is 7.25. The Morgan fingerprint density at radius 2 is 1.26 bits per heavy atom. The van der Waals surface area contributed by atoms with Gasteiger partial charge in [0.25, 0.3) is 0 Å². The normalized spacial score (nSPS) is 11.7. The Hall–Kier alpha value is -4.73. The zero-order valence-corrected chi connectivity index (χ0v) is 21.3. The van der Waals surface area contributed by atoms with Gasteiger partial charge in [-0.1, -0.05) is 91.0 Å². The molecule has 0 amide bonds. The summed E-state index contributed by atoms with van der Waals surface area (Å²) in [6.07, 6.45) is 0. The average Bonchev–Trinajstić information content (AvgIpc) is 3.53. The molecule has 2 nitrogen and oxygen atoms in total. The largest absolute Gasteiger partial charge is 0.307 e. The fourth-order valence-electron chi connectivity index (χ4n) is 5.67. The van der Waals surface area contributed by atoms with Crippen LogP contribution in [0.25, 0.3) is 70.2 Å². The molecule has 0 bridgehead atoms. The van der Waals surface area contributed by atoms with E-state index < -0.39 is 0 Å². The van der Waals surface area contributed by atoms with Crippen LogP contribution in [0.3, 0.4) is 0 Å². The Morgan fingerprint density at radius 3 is 2.13 bits per heavy atom. The van der Waals surface area contributed by atoms with Gasteiger partial charge in [0.2, 0.25) is 0 Å². The van der Waals surface area contributed by atoms with Crippen LogP contribution in [0, 0.1) is 0 Å². The maximum Gasteiger partial charge on any atom is 0.0971 e. The van der Waals surface area contributed by atoms with Crippen molar-refractivity contribution in [3.05, 3.63) is 133 Å². The second kappa shape index (κ2) is 8.41. The molecule has 0 aliphatic rings. The lowest BCUT2D eigenvalue weighted by Crippen LogP contribution is -1.95. The van der Waals surface area contributed by atoms with E-state index >= 15 is 0 Å². The third-order valence-corrected chi connectivity index (χ3v) is 8.55. The van der Waals surface area contributed by atoms with E-state index in [0.29, 0.717) is 0 Å². The van der Waals surface area contributed by atoms with Crippen molar-refractivity contribution in [3.8, 4) is 28.1 Å². The fourth-order valence-corrected chi connectivity index (χ4v) is 6.75. The first kappa shape index (κ1) is 21.4. The third kappa shape index (κ3) is 3.22. The summed E-state index contributed by atoms with van der Waals surface area (Å²) in [5, 5.41) is 3.76. The van der Waals surface area contributed by atoms with E-state index in [9.17, 15) is 0 Å². The van der Waals surface area contributed by atoms with Gasteiger partial charge >= 0.3 is 0 Å². The van der Waals surface area contributed by atoms with Crippen molar-refractivity contribution in [2.24, 2.45) is 0 Å². The molecule has 0 saturated heterocycles. The minimum absolute atomic E-state index is 0.993. The van der Waals surface area contributed by atoms with Crippen LogP contribution in [-0.4, -0.2) is 9.55 Å². The number of aromatic nitrogens is 2. The van der Waals surface area contributed by atoms with Crippen LogP contribution in [0.2, 0.25) is 0 Å². The molecule has 3 aromatic heterocycles. The summed E-state index contributed by atoms with van der Waals surface area (Å²) in [5.41, 5.74) is 9.00. The number of hydrogen-bond acceptors (Lipinski definition) is 2. The highest BCUT2D eigenvalue weighted by Crippen LogP contribution is 2.39. The van der Waals surface area contributed by atoms with Gasteiger partial charge in [0, 0.05) is 42.4 Å².